The van der Waals surface area contributed by atoms with Crippen LogP contribution in [0, 0.1) is 0 Å². The Bertz CT molecular complexity index is 1000. The molecule has 0 bridgehead atoms. The highest BCUT2D eigenvalue weighted by Gasteiger charge is 2.27. The van der Waals surface area contributed by atoms with Gasteiger partial charge in [-0.25, -0.2) is 9.97 Å². The smallest absolute Gasteiger partial charge is 0.254 e. The van der Waals surface area contributed by atoms with Gasteiger partial charge in [0.1, 0.15) is 10.3 Å². The number of piperazine rings is 1. The number of carbonyl (C=O) groups excluding carboxylic acids is 1. The Labute approximate surface area is 164 Å². The van der Waals surface area contributed by atoms with Gasteiger partial charge in [-0.15, -0.1) is 0 Å². The normalized spacial score (nSPS) is 16.2. The first-order valence-corrected chi connectivity index (χ1v) is 9.73. The summed E-state index contributed by atoms with van der Waals surface area (Å²) >= 11 is 7.78. The quantitative estimate of drug-likeness (QED) is 0.656. The predicted molar refractivity (Wildman–Crippen MR) is 103 cm³/mol. The van der Waals surface area contributed by atoms with Crippen LogP contribution in [0.2, 0.25) is 5.02 Å². The highest BCUT2D eigenvalue weighted by atomic mass is 35.5. The molecule has 2 aliphatic rings. The zero-order chi connectivity index (χ0) is 18.4. The van der Waals surface area contributed by atoms with Crippen molar-refractivity contribution in [2.24, 2.45) is 0 Å². The van der Waals surface area contributed by atoms with Gasteiger partial charge in [0.05, 0.1) is 5.02 Å². The Balaban J connectivity index is 1.30. The van der Waals surface area contributed by atoms with Crippen molar-refractivity contribution in [2.45, 2.75) is 0 Å². The number of pyridine rings is 1. The van der Waals surface area contributed by atoms with Crippen LogP contribution < -0.4 is 14.4 Å². The third kappa shape index (κ3) is 2.94. The lowest BCUT2D eigenvalue weighted by molar-refractivity contribution is 0.0746. The van der Waals surface area contributed by atoms with Gasteiger partial charge in [0.15, 0.2) is 16.6 Å². The van der Waals surface area contributed by atoms with Crippen LogP contribution in [-0.2, 0) is 0 Å². The molecule has 7 nitrogen and oxygen atoms in total. The molecule has 1 amide bonds. The Hall–Kier alpha value is -2.58. The van der Waals surface area contributed by atoms with Crippen LogP contribution in [0.1, 0.15) is 10.4 Å². The van der Waals surface area contributed by atoms with E-state index in [4.69, 9.17) is 21.1 Å². The van der Waals surface area contributed by atoms with E-state index in [0.717, 1.165) is 28.6 Å². The van der Waals surface area contributed by atoms with Crippen molar-refractivity contribution < 1.29 is 14.3 Å². The minimum Gasteiger partial charge on any atom is -0.454 e. The fourth-order valence-corrected chi connectivity index (χ4v) is 4.49. The van der Waals surface area contributed by atoms with Crippen molar-refractivity contribution in [1.29, 1.82) is 0 Å². The average Bonchev–Trinajstić information content (AvgIpc) is 3.34. The minimum absolute atomic E-state index is 0.0548. The highest BCUT2D eigenvalue weighted by molar-refractivity contribution is 7.21. The first-order chi connectivity index (χ1) is 13.2. The highest BCUT2D eigenvalue weighted by Crippen LogP contribution is 2.40. The number of thiazole rings is 1. The topological polar surface area (TPSA) is 67.8 Å². The Morgan fingerprint density at radius 2 is 2.04 bits per heavy atom. The van der Waals surface area contributed by atoms with Gasteiger partial charge in [-0.2, -0.15) is 0 Å². The van der Waals surface area contributed by atoms with Crippen molar-refractivity contribution in [3.8, 4) is 11.5 Å². The number of hydrogen-bond acceptors (Lipinski definition) is 7. The number of halogens is 1. The number of amides is 1. The molecule has 2 aliphatic heterocycles. The summed E-state index contributed by atoms with van der Waals surface area (Å²) < 4.78 is 10.7. The van der Waals surface area contributed by atoms with Gasteiger partial charge in [-0.3, -0.25) is 4.79 Å². The van der Waals surface area contributed by atoms with E-state index in [-0.39, 0.29) is 12.7 Å². The number of anilines is 1. The van der Waals surface area contributed by atoms with Crippen LogP contribution in [0.5, 0.6) is 11.5 Å². The maximum Gasteiger partial charge on any atom is 0.254 e. The van der Waals surface area contributed by atoms with Gasteiger partial charge in [0.25, 0.3) is 5.91 Å². The van der Waals surface area contributed by atoms with Crippen LogP contribution in [0.4, 0.5) is 5.13 Å². The van der Waals surface area contributed by atoms with Gasteiger partial charge in [-0.05, 0) is 24.3 Å². The molecule has 0 unspecified atom stereocenters. The molecule has 0 aliphatic carbocycles. The minimum atomic E-state index is -0.0548. The van der Waals surface area contributed by atoms with Gasteiger partial charge in [-0.1, -0.05) is 22.9 Å². The largest absolute Gasteiger partial charge is 0.454 e. The number of hydrogen-bond donors (Lipinski definition) is 0. The van der Waals surface area contributed by atoms with Crippen LogP contribution in [0.25, 0.3) is 10.3 Å². The lowest BCUT2D eigenvalue weighted by Gasteiger charge is -2.34. The Morgan fingerprint density at radius 1 is 1.19 bits per heavy atom. The van der Waals surface area contributed by atoms with Crippen LogP contribution in [-0.4, -0.2) is 53.7 Å². The fraction of sp³-hybridized carbons (Fsp3) is 0.278. The molecule has 9 heteroatoms. The van der Waals surface area contributed by atoms with E-state index in [2.05, 4.69) is 14.9 Å². The number of nitrogens with zero attached hydrogens (tertiary/aromatic N) is 4. The number of fused-ring (bicyclic) bond motifs is 2. The van der Waals surface area contributed by atoms with Gasteiger partial charge in [0, 0.05) is 37.9 Å². The van der Waals surface area contributed by atoms with Crippen molar-refractivity contribution in [3.63, 3.8) is 0 Å². The van der Waals surface area contributed by atoms with Gasteiger partial charge < -0.3 is 19.3 Å². The average molecular weight is 403 g/mol. The molecule has 27 heavy (non-hydrogen) atoms. The van der Waals surface area contributed by atoms with Crippen LogP contribution in [0.3, 0.4) is 0 Å². The molecule has 4 heterocycles. The molecule has 3 aromatic rings. The zero-order valence-corrected chi connectivity index (χ0v) is 15.8. The van der Waals surface area contributed by atoms with Gasteiger partial charge >= 0.3 is 0 Å². The van der Waals surface area contributed by atoms with Crippen molar-refractivity contribution >= 4 is 44.3 Å². The van der Waals surface area contributed by atoms with E-state index in [1.807, 2.05) is 17.0 Å². The third-order valence-electron chi connectivity index (χ3n) is 4.67. The zero-order valence-electron chi connectivity index (χ0n) is 14.2. The summed E-state index contributed by atoms with van der Waals surface area (Å²) in [6, 6.07) is 7.19. The molecule has 0 N–H and O–H groups in total. The molecule has 1 aromatic carbocycles. The van der Waals surface area contributed by atoms with E-state index in [9.17, 15) is 4.79 Å². The number of rotatable bonds is 2. The maximum atomic E-state index is 12.9. The van der Waals surface area contributed by atoms with E-state index in [1.165, 1.54) is 0 Å². The molecule has 138 valence electrons. The molecule has 1 fully saturated rings. The number of benzene rings is 1. The molecular formula is C18H15ClN4O3S. The predicted octanol–water partition coefficient (Wildman–Crippen LogP) is 3.04. The second-order valence-electron chi connectivity index (χ2n) is 6.30. The van der Waals surface area contributed by atoms with E-state index >= 15 is 0 Å². The summed E-state index contributed by atoms with van der Waals surface area (Å²) in [4.78, 5) is 26.8. The lowest BCUT2D eigenvalue weighted by atomic mass is 10.1. The summed E-state index contributed by atoms with van der Waals surface area (Å²) in [6.07, 6.45) is 1.78. The van der Waals surface area contributed by atoms with Crippen LogP contribution >= 0.6 is 22.9 Å². The van der Waals surface area contributed by atoms with E-state index < -0.39 is 0 Å². The van der Waals surface area contributed by atoms with Gasteiger partial charge in [0.2, 0.25) is 6.79 Å². The van der Waals surface area contributed by atoms with E-state index in [0.29, 0.717) is 35.2 Å². The number of aromatic nitrogens is 2. The number of carbonyl (C=O) groups is 1. The molecule has 5 rings (SSSR count). The summed E-state index contributed by atoms with van der Waals surface area (Å²) in [5.41, 5.74) is 1.42. The lowest BCUT2D eigenvalue weighted by Crippen LogP contribution is -2.48. The summed E-state index contributed by atoms with van der Waals surface area (Å²) in [7, 11) is 0. The number of ether oxygens (including phenoxy) is 2. The molecule has 0 atom stereocenters. The molecule has 0 radical (unpaired) electrons. The summed E-state index contributed by atoms with van der Waals surface area (Å²) in [6.45, 7) is 2.82. The fourth-order valence-electron chi connectivity index (χ4n) is 3.27. The van der Waals surface area contributed by atoms with Crippen molar-refractivity contribution in [1.82, 2.24) is 14.9 Å². The molecule has 0 spiro atoms. The standard InChI is InChI=1S/C18H15ClN4O3S/c19-12-8-11(9-14-15(12)26-10-25-14)17(24)22-4-6-23(7-5-22)18-21-13-2-1-3-20-16(13)27-18/h1-3,8-9H,4-7,10H2. The SMILES string of the molecule is O=C(c1cc(Cl)c2c(c1)OCO2)N1CCN(c2nc3cccnc3s2)CC1. The molecule has 2 aromatic heterocycles. The van der Waals surface area contributed by atoms with Crippen molar-refractivity contribution in [3.05, 3.63) is 41.0 Å². The molecular weight excluding hydrogens is 388 g/mol. The summed E-state index contributed by atoms with van der Waals surface area (Å²) in [5, 5.41) is 1.34. The first kappa shape index (κ1) is 16.6. The third-order valence-corrected chi connectivity index (χ3v) is 5.99. The monoisotopic (exact) mass is 402 g/mol. The molecule has 0 saturated carbocycles. The maximum absolute atomic E-state index is 12.9. The first-order valence-electron chi connectivity index (χ1n) is 8.54. The second kappa shape index (κ2) is 6.54. The Morgan fingerprint density at radius 3 is 2.85 bits per heavy atom. The second-order valence-corrected chi connectivity index (χ2v) is 7.66. The van der Waals surface area contributed by atoms with Crippen molar-refractivity contribution in [2.75, 3.05) is 37.9 Å². The van der Waals surface area contributed by atoms with E-state index in [1.54, 1.807) is 29.7 Å². The molecule has 1 saturated heterocycles. The van der Waals surface area contributed by atoms with Crippen LogP contribution in [0.15, 0.2) is 30.5 Å². The Kier molecular flexibility index (Phi) is 4.02. The summed E-state index contributed by atoms with van der Waals surface area (Å²) in [5.74, 6) is 0.967.